The standard InChI is InChI=1S/C64H83N13O7S/c1-38(2)60(64(81)76-36-47(78)27-55(76)63(80)68-39(3)42-11-14-51(43(25-42)33-72(5)6)61-40(4)67-37-85-61)57-31-58(71-84-57)74-23-16-41(17-24-74)32-73-21-18-48(19-22-73)82-49-28-50(29-49)83-59-26-44(15-20-66-59)77-45-12-13-46(77)35-75(34-45)54-30-53(69-70-62(54)65)52-9-7-8-10-56(52)79/h7-11,14-15,20,25-26,30-31,37-39,41,45-50,55,60,78-79H,12-13,16-19,21-24,27-29,32-36H2,1-6H3,(H2,65,70)(H,68,80)/t39?,45?,46?,47-,49-,50-,55+,60-/m1/s1. The van der Waals surface area contributed by atoms with Gasteiger partial charge in [-0.2, -0.15) is 0 Å². The van der Waals surface area contributed by atoms with Gasteiger partial charge in [0, 0.05) is 120 Å². The van der Waals surface area contributed by atoms with Crippen LogP contribution in [0.15, 0.2) is 83.0 Å². The van der Waals surface area contributed by atoms with Gasteiger partial charge < -0.3 is 64.7 Å². The number of phenols is 1. The van der Waals surface area contributed by atoms with Crippen LogP contribution >= 0.6 is 11.3 Å². The molecular weight excluding hydrogens is 1090 g/mol. The molecule has 6 aromatic rings. The number of aromatic hydroxyl groups is 1. The summed E-state index contributed by atoms with van der Waals surface area (Å²) in [7, 11) is 4.08. The van der Waals surface area contributed by atoms with E-state index in [4.69, 9.17) is 19.7 Å². The molecule has 0 radical (unpaired) electrons. The summed E-state index contributed by atoms with van der Waals surface area (Å²) in [6.45, 7) is 15.2. The third-order valence-corrected chi connectivity index (χ3v) is 19.6. The summed E-state index contributed by atoms with van der Waals surface area (Å²) in [6.07, 6.45) is 9.80. The highest BCUT2D eigenvalue weighted by Crippen LogP contribution is 2.42. The second kappa shape index (κ2) is 25.2. The zero-order valence-corrected chi connectivity index (χ0v) is 50.7. The molecule has 5 aliphatic heterocycles. The van der Waals surface area contributed by atoms with E-state index in [1.54, 1.807) is 28.4 Å². The van der Waals surface area contributed by atoms with Gasteiger partial charge in [0.15, 0.2) is 17.4 Å². The number of β-amino-alcohol motifs (C(OH)–C–C–N with tert-alkyl or cyclic N) is 1. The molecule has 5 saturated heterocycles. The Balaban J connectivity index is 0.571. The van der Waals surface area contributed by atoms with Gasteiger partial charge in [0.2, 0.25) is 17.7 Å². The van der Waals surface area contributed by atoms with Gasteiger partial charge in [0.05, 0.1) is 51.8 Å². The number of fused-ring (bicyclic) bond motifs is 2. The molecule has 9 heterocycles. The third kappa shape index (κ3) is 12.8. The minimum atomic E-state index is -0.818. The van der Waals surface area contributed by atoms with Crippen molar-refractivity contribution in [1.29, 1.82) is 0 Å². The van der Waals surface area contributed by atoms with Gasteiger partial charge in [-0.3, -0.25) is 9.59 Å². The van der Waals surface area contributed by atoms with Crippen LogP contribution in [-0.2, 0) is 20.9 Å². The average molecular weight is 1180 g/mol. The number of ether oxygens (including phenoxy) is 2. The van der Waals surface area contributed by atoms with Crippen molar-refractivity contribution in [3.05, 3.63) is 101 Å². The summed E-state index contributed by atoms with van der Waals surface area (Å²) in [5, 5.41) is 37.7. The summed E-state index contributed by atoms with van der Waals surface area (Å²) < 4.78 is 19.1. The number of amides is 2. The molecule has 12 rings (SSSR count). The Morgan fingerprint density at radius 1 is 0.847 bits per heavy atom. The predicted molar refractivity (Wildman–Crippen MR) is 329 cm³/mol. The molecule has 5 N–H and O–H groups in total. The number of nitrogens with two attached hydrogens (primary N) is 1. The van der Waals surface area contributed by atoms with Crippen molar-refractivity contribution in [3.8, 4) is 33.3 Å². The smallest absolute Gasteiger partial charge is 0.243 e. The van der Waals surface area contributed by atoms with E-state index in [-0.39, 0.29) is 60.8 Å². The lowest BCUT2D eigenvalue weighted by molar-refractivity contribution is -0.141. The second-order valence-electron chi connectivity index (χ2n) is 25.3. The minimum absolute atomic E-state index is 0.0775. The molecular formula is C64H83N13O7S. The van der Waals surface area contributed by atoms with Gasteiger partial charge in [0.1, 0.15) is 23.8 Å². The van der Waals surface area contributed by atoms with Gasteiger partial charge >= 0.3 is 0 Å². The Labute approximate surface area is 502 Å². The van der Waals surface area contributed by atoms with E-state index in [9.17, 15) is 19.8 Å². The zero-order chi connectivity index (χ0) is 59.0. The second-order valence-corrected chi connectivity index (χ2v) is 26.2. The average Bonchev–Trinajstić information content (AvgIpc) is 4.16. The summed E-state index contributed by atoms with van der Waals surface area (Å²) in [4.78, 5) is 52.3. The Kier molecular flexibility index (Phi) is 17.3. The lowest BCUT2D eigenvalue weighted by atomic mass is 9.91. The number of nitrogens with zero attached hydrogens (tertiary/aromatic N) is 11. The first kappa shape index (κ1) is 58.5. The number of likely N-dealkylation sites (tertiary alicyclic amines) is 2. The number of rotatable bonds is 19. The van der Waals surface area contributed by atoms with Crippen LogP contribution in [0.5, 0.6) is 11.6 Å². The molecule has 452 valence electrons. The van der Waals surface area contributed by atoms with Gasteiger partial charge in [-0.15, -0.1) is 21.5 Å². The molecule has 4 aromatic heterocycles. The molecule has 21 heteroatoms. The van der Waals surface area contributed by atoms with Crippen molar-refractivity contribution in [2.45, 2.75) is 147 Å². The molecule has 2 aromatic carbocycles. The number of anilines is 4. The number of pyridine rings is 1. The van der Waals surface area contributed by atoms with Crippen LogP contribution < -0.4 is 30.5 Å². The van der Waals surface area contributed by atoms with Crippen LogP contribution in [0.4, 0.5) is 23.0 Å². The number of benzene rings is 2. The summed E-state index contributed by atoms with van der Waals surface area (Å²) >= 11 is 1.62. The minimum Gasteiger partial charge on any atom is -0.507 e. The van der Waals surface area contributed by atoms with E-state index < -0.39 is 18.1 Å². The highest BCUT2D eigenvalue weighted by atomic mass is 32.1. The van der Waals surface area contributed by atoms with Crippen LogP contribution in [0, 0.1) is 18.8 Å². The maximum Gasteiger partial charge on any atom is 0.243 e. The number of nitrogen functional groups attached to an aromatic ring is 1. The molecule has 1 aliphatic carbocycles. The Bertz CT molecular complexity index is 3290. The highest BCUT2D eigenvalue weighted by Gasteiger charge is 2.45. The summed E-state index contributed by atoms with van der Waals surface area (Å²) in [5.41, 5.74) is 15.7. The first-order valence-electron chi connectivity index (χ1n) is 30.7. The normalized spacial score (nSPS) is 23.9. The van der Waals surface area contributed by atoms with Crippen molar-refractivity contribution in [2.75, 3.05) is 86.9 Å². The number of aliphatic hydroxyl groups is 1. The molecule has 3 unspecified atom stereocenters. The largest absolute Gasteiger partial charge is 0.507 e. The Morgan fingerprint density at radius 2 is 1.61 bits per heavy atom. The lowest BCUT2D eigenvalue weighted by Gasteiger charge is -2.43. The Hall–Kier alpha value is -6.91. The number of hydrogen-bond acceptors (Lipinski definition) is 19. The van der Waals surface area contributed by atoms with Crippen molar-refractivity contribution in [3.63, 3.8) is 0 Å². The number of phenolic OH excluding ortho intramolecular Hbond substituents is 1. The van der Waals surface area contributed by atoms with E-state index in [0.29, 0.717) is 46.7 Å². The Morgan fingerprint density at radius 3 is 2.33 bits per heavy atom. The summed E-state index contributed by atoms with van der Waals surface area (Å²) in [6, 6.07) is 21.0. The van der Waals surface area contributed by atoms with Crippen molar-refractivity contribution >= 4 is 46.2 Å². The molecule has 2 amide bonds. The number of para-hydroxylation sites is 1. The molecule has 2 bridgehead atoms. The fourth-order valence-electron chi connectivity index (χ4n) is 14.0. The van der Waals surface area contributed by atoms with Crippen LogP contribution in [0.2, 0.25) is 0 Å². The number of aryl methyl sites for hydroxylation is 1. The third-order valence-electron chi connectivity index (χ3n) is 18.6. The fourth-order valence-corrected chi connectivity index (χ4v) is 14.9. The summed E-state index contributed by atoms with van der Waals surface area (Å²) in [5.74, 6) is 1.69. The molecule has 6 atom stereocenters. The topological polar surface area (TPSA) is 228 Å². The number of aliphatic hydroxyl groups excluding tert-OH is 1. The molecule has 6 aliphatic rings. The number of carbonyl (C=O) groups excluding carboxylic acids is 2. The maximum atomic E-state index is 14.6. The molecule has 6 fully saturated rings. The first-order valence-corrected chi connectivity index (χ1v) is 31.6. The SMILES string of the molecule is Cc1ncsc1-c1ccc(C(C)NC(=O)[C@@H]2C[C@@H](O)CN2C(=O)[C@@H](c2cc(N3CCC(CN4CCC(O[C@H]5C[C@H](Oc6cc(N7C8CCC7CN(c7cc(-c9ccccc9O)nnc7N)C8)ccn6)C5)CC4)CC3)no2)C(C)C)cc1CN(C)C. The maximum absolute atomic E-state index is 14.6. The fraction of sp³-hybridized carbons (Fsp3) is 0.547. The van der Waals surface area contributed by atoms with Gasteiger partial charge in [0.25, 0.3) is 0 Å². The molecule has 1 saturated carbocycles. The zero-order valence-electron chi connectivity index (χ0n) is 49.9. The highest BCUT2D eigenvalue weighted by molar-refractivity contribution is 7.13. The quantitative estimate of drug-likeness (QED) is 0.0601. The molecule has 20 nitrogen and oxygen atoms in total. The number of hydrogen-bond donors (Lipinski definition) is 4. The van der Waals surface area contributed by atoms with Crippen LogP contribution in [-0.4, -0.2) is 171 Å². The lowest BCUT2D eigenvalue weighted by Crippen LogP contribution is -2.54. The van der Waals surface area contributed by atoms with E-state index in [0.717, 1.165) is 148 Å². The molecule has 85 heavy (non-hydrogen) atoms. The number of aromatic nitrogens is 5. The van der Waals surface area contributed by atoms with Crippen molar-refractivity contribution < 1.29 is 33.8 Å². The van der Waals surface area contributed by atoms with Crippen LogP contribution in [0.3, 0.4) is 0 Å². The number of piperazine rings is 1. The first-order chi connectivity index (χ1) is 41.1. The number of carbonyl (C=O) groups is 2. The number of thiazole rings is 1. The monoisotopic (exact) mass is 1180 g/mol. The van der Waals surface area contributed by atoms with Crippen molar-refractivity contribution in [1.82, 2.24) is 45.3 Å². The molecule has 0 spiro atoms. The van der Waals surface area contributed by atoms with E-state index in [2.05, 4.69) is 85.5 Å². The van der Waals surface area contributed by atoms with E-state index in [1.165, 1.54) is 0 Å². The van der Waals surface area contributed by atoms with Crippen LogP contribution in [0.1, 0.15) is 113 Å². The van der Waals surface area contributed by atoms with Crippen molar-refractivity contribution in [2.24, 2.45) is 11.8 Å². The number of nitrogens with one attached hydrogen (secondary N) is 1. The van der Waals surface area contributed by atoms with Gasteiger partial charge in [-0.05, 0) is 119 Å². The van der Waals surface area contributed by atoms with E-state index in [1.807, 2.05) is 77.8 Å². The predicted octanol–water partition coefficient (Wildman–Crippen LogP) is 8.05. The number of piperidine rings is 2. The van der Waals surface area contributed by atoms with Gasteiger partial charge in [-0.25, -0.2) is 9.97 Å². The van der Waals surface area contributed by atoms with E-state index >= 15 is 0 Å². The van der Waals surface area contributed by atoms with Gasteiger partial charge in [-0.1, -0.05) is 49.3 Å². The van der Waals surface area contributed by atoms with Crippen LogP contribution in [0.25, 0.3) is 21.7 Å².